The van der Waals surface area contributed by atoms with E-state index in [4.69, 9.17) is 0 Å². The highest BCUT2D eigenvalue weighted by molar-refractivity contribution is 7.13. The highest BCUT2D eigenvalue weighted by Crippen LogP contribution is 2.22. The fourth-order valence-corrected chi connectivity index (χ4v) is 3.43. The molecule has 2 amide bonds. The number of aromatic nitrogens is 2. The van der Waals surface area contributed by atoms with Crippen molar-refractivity contribution in [2.75, 3.05) is 18.4 Å². The molecule has 0 aliphatic carbocycles. The monoisotopic (exact) mass is 344 g/mol. The molecule has 2 aromatic rings. The van der Waals surface area contributed by atoms with Crippen LogP contribution in [0.25, 0.3) is 0 Å². The van der Waals surface area contributed by atoms with Crippen molar-refractivity contribution in [3.8, 4) is 0 Å². The summed E-state index contributed by atoms with van der Waals surface area (Å²) in [6, 6.07) is 3.64. The zero-order valence-corrected chi connectivity index (χ0v) is 14.6. The van der Waals surface area contributed by atoms with Gasteiger partial charge in [0.25, 0.3) is 5.91 Å². The molecule has 0 bridgehead atoms. The number of hydrogen-bond donors (Lipinski definition) is 1. The first-order valence-electron chi connectivity index (χ1n) is 7.98. The number of likely N-dealkylation sites (tertiary alicyclic amines) is 1. The van der Waals surface area contributed by atoms with Gasteiger partial charge in [-0.3, -0.25) is 14.6 Å². The van der Waals surface area contributed by atoms with E-state index >= 15 is 0 Å². The molecule has 0 saturated carbocycles. The van der Waals surface area contributed by atoms with Gasteiger partial charge < -0.3 is 10.2 Å². The number of aryl methyl sites for hydroxylation is 2. The molecule has 1 fully saturated rings. The van der Waals surface area contributed by atoms with Crippen LogP contribution in [0.4, 0.5) is 5.13 Å². The molecule has 0 spiro atoms. The molecular weight excluding hydrogens is 324 g/mol. The fraction of sp³-hybridized carbons (Fsp3) is 0.412. The molecule has 1 N–H and O–H groups in total. The number of piperidine rings is 1. The Morgan fingerprint density at radius 3 is 2.54 bits per heavy atom. The summed E-state index contributed by atoms with van der Waals surface area (Å²) < 4.78 is 0. The number of rotatable bonds is 3. The number of pyridine rings is 1. The SMILES string of the molecule is Cc1ccc(C(=O)N2CCC(C(=O)Nc3nc(C)cs3)CC2)cn1. The standard InChI is InChI=1S/C17H20N4O2S/c1-11-3-4-14(9-18-11)16(23)21-7-5-13(6-8-21)15(22)20-17-19-12(2)10-24-17/h3-4,9-10,13H,5-8H2,1-2H3,(H,19,20,22). The van der Waals surface area contributed by atoms with Crippen molar-refractivity contribution in [1.82, 2.24) is 14.9 Å². The zero-order valence-electron chi connectivity index (χ0n) is 13.8. The van der Waals surface area contributed by atoms with Crippen LogP contribution < -0.4 is 5.32 Å². The number of thiazole rings is 1. The number of nitrogens with zero attached hydrogens (tertiary/aromatic N) is 3. The molecule has 0 atom stereocenters. The van der Waals surface area contributed by atoms with E-state index in [0.717, 1.165) is 11.4 Å². The maximum Gasteiger partial charge on any atom is 0.255 e. The normalized spacial score (nSPS) is 15.3. The van der Waals surface area contributed by atoms with Gasteiger partial charge in [0.1, 0.15) is 0 Å². The molecule has 0 radical (unpaired) electrons. The second-order valence-corrected chi connectivity index (χ2v) is 6.90. The molecule has 1 aliphatic rings. The molecule has 1 aliphatic heterocycles. The van der Waals surface area contributed by atoms with Crippen molar-refractivity contribution in [1.29, 1.82) is 0 Å². The summed E-state index contributed by atoms with van der Waals surface area (Å²) in [5, 5.41) is 5.42. The Balaban J connectivity index is 1.54. The Kier molecular flexibility index (Phi) is 4.89. The van der Waals surface area contributed by atoms with E-state index in [1.807, 2.05) is 25.3 Å². The van der Waals surface area contributed by atoms with Crippen LogP contribution in [-0.2, 0) is 4.79 Å². The molecule has 2 aromatic heterocycles. The maximum absolute atomic E-state index is 12.5. The summed E-state index contributed by atoms with van der Waals surface area (Å²) in [7, 11) is 0. The molecule has 24 heavy (non-hydrogen) atoms. The molecule has 0 aromatic carbocycles. The van der Waals surface area contributed by atoms with Crippen molar-refractivity contribution < 1.29 is 9.59 Å². The number of amides is 2. The van der Waals surface area contributed by atoms with Crippen LogP contribution in [0.5, 0.6) is 0 Å². The summed E-state index contributed by atoms with van der Waals surface area (Å²) in [6.07, 6.45) is 2.95. The molecular formula is C17H20N4O2S. The first-order chi connectivity index (χ1) is 11.5. The Morgan fingerprint density at radius 1 is 1.21 bits per heavy atom. The lowest BCUT2D eigenvalue weighted by Crippen LogP contribution is -2.41. The number of anilines is 1. The molecule has 3 heterocycles. The van der Waals surface area contributed by atoms with Crippen LogP contribution in [0.15, 0.2) is 23.7 Å². The van der Waals surface area contributed by atoms with Crippen molar-refractivity contribution in [2.45, 2.75) is 26.7 Å². The van der Waals surface area contributed by atoms with Gasteiger partial charge in [-0.05, 0) is 38.8 Å². The van der Waals surface area contributed by atoms with Crippen molar-refractivity contribution in [2.24, 2.45) is 5.92 Å². The van der Waals surface area contributed by atoms with Gasteiger partial charge in [0.15, 0.2) is 5.13 Å². The minimum atomic E-state index is -0.0746. The van der Waals surface area contributed by atoms with Gasteiger partial charge in [-0.25, -0.2) is 4.98 Å². The van der Waals surface area contributed by atoms with Crippen LogP contribution in [0.3, 0.4) is 0 Å². The van der Waals surface area contributed by atoms with Gasteiger partial charge >= 0.3 is 0 Å². The Bertz CT molecular complexity index is 733. The predicted molar refractivity (Wildman–Crippen MR) is 93.1 cm³/mol. The third-order valence-electron chi connectivity index (χ3n) is 4.16. The molecule has 0 unspecified atom stereocenters. The predicted octanol–water partition coefficient (Wildman–Crippen LogP) is 2.65. The molecule has 6 nitrogen and oxygen atoms in total. The average Bonchev–Trinajstić information content (AvgIpc) is 3.00. The van der Waals surface area contributed by atoms with E-state index in [2.05, 4.69) is 15.3 Å². The van der Waals surface area contributed by atoms with Crippen LogP contribution in [0.1, 0.15) is 34.6 Å². The summed E-state index contributed by atoms with van der Waals surface area (Å²) in [5.41, 5.74) is 2.39. The summed E-state index contributed by atoms with van der Waals surface area (Å²) in [4.78, 5) is 35.0. The smallest absolute Gasteiger partial charge is 0.255 e. The lowest BCUT2D eigenvalue weighted by atomic mass is 9.95. The second kappa shape index (κ2) is 7.09. The van der Waals surface area contributed by atoms with E-state index in [0.29, 0.717) is 36.6 Å². The van der Waals surface area contributed by atoms with Crippen LogP contribution in [0.2, 0.25) is 0 Å². The van der Waals surface area contributed by atoms with Crippen molar-refractivity contribution in [3.05, 3.63) is 40.7 Å². The number of carbonyl (C=O) groups excluding carboxylic acids is 2. The third kappa shape index (κ3) is 3.79. The van der Waals surface area contributed by atoms with Gasteiger partial charge in [0, 0.05) is 36.3 Å². The van der Waals surface area contributed by atoms with E-state index in [9.17, 15) is 9.59 Å². The number of carbonyl (C=O) groups is 2. The summed E-state index contributed by atoms with van der Waals surface area (Å²) in [6.45, 7) is 4.96. The number of nitrogens with one attached hydrogen (secondary N) is 1. The van der Waals surface area contributed by atoms with Crippen LogP contribution >= 0.6 is 11.3 Å². The molecule has 7 heteroatoms. The van der Waals surface area contributed by atoms with Gasteiger partial charge in [0.2, 0.25) is 5.91 Å². The Labute approximate surface area is 144 Å². The topological polar surface area (TPSA) is 75.2 Å². The second-order valence-electron chi connectivity index (χ2n) is 6.04. The molecule has 126 valence electrons. The van der Waals surface area contributed by atoms with Crippen LogP contribution in [-0.4, -0.2) is 39.8 Å². The maximum atomic E-state index is 12.5. The Hall–Kier alpha value is -2.28. The lowest BCUT2D eigenvalue weighted by Gasteiger charge is -2.31. The van der Waals surface area contributed by atoms with Crippen molar-refractivity contribution in [3.63, 3.8) is 0 Å². The van der Waals surface area contributed by atoms with Crippen LogP contribution in [0, 0.1) is 19.8 Å². The van der Waals surface area contributed by atoms with Crippen molar-refractivity contribution >= 4 is 28.3 Å². The summed E-state index contributed by atoms with van der Waals surface area (Å²) >= 11 is 1.43. The quantitative estimate of drug-likeness (QED) is 0.929. The molecule has 3 rings (SSSR count). The fourth-order valence-electron chi connectivity index (χ4n) is 2.74. The zero-order chi connectivity index (χ0) is 17.1. The van der Waals surface area contributed by atoms with Gasteiger partial charge in [-0.1, -0.05) is 0 Å². The van der Waals surface area contributed by atoms with Gasteiger partial charge in [-0.15, -0.1) is 11.3 Å². The summed E-state index contributed by atoms with van der Waals surface area (Å²) in [5.74, 6) is -0.0974. The minimum Gasteiger partial charge on any atom is -0.339 e. The largest absolute Gasteiger partial charge is 0.339 e. The van der Waals surface area contributed by atoms with E-state index in [1.165, 1.54) is 11.3 Å². The highest BCUT2D eigenvalue weighted by Gasteiger charge is 2.28. The first kappa shape index (κ1) is 16.6. The number of hydrogen-bond acceptors (Lipinski definition) is 5. The average molecular weight is 344 g/mol. The molecule has 1 saturated heterocycles. The van der Waals surface area contributed by atoms with E-state index in [-0.39, 0.29) is 17.7 Å². The highest BCUT2D eigenvalue weighted by atomic mass is 32.1. The first-order valence-corrected chi connectivity index (χ1v) is 8.86. The van der Waals surface area contributed by atoms with E-state index < -0.39 is 0 Å². The Morgan fingerprint density at radius 2 is 1.96 bits per heavy atom. The van der Waals surface area contributed by atoms with Gasteiger partial charge in [-0.2, -0.15) is 0 Å². The van der Waals surface area contributed by atoms with E-state index in [1.54, 1.807) is 17.2 Å². The lowest BCUT2D eigenvalue weighted by molar-refractivity contribution is -0.121. The van der Waals surface area contributed by atoms with Gasteiger partial charge in [0.05, 0.1) is 11.3 Å². The minimum absolute atomic E-state index is 0.00606. The third-order valence-corrected chi connectivity index (χ3v) is 5.04.